The van der Waals surface area contributed by atoms with Crippen LogP contribution in [0.25, 0.3) is 0 Å². The number of carbonyl (C=O) groups excluding carboxylic acids is 4. The van der Waals surface area contributed by atoms with Crippen LogP contribution in [0.4, 0.5) is 0 Å². The number of hydrogen-bond acceptors (Lipinski definition) is 8. The number of esters is 4. The Morgan fingerprint density at radius 3 is 1.94 bits per heavy atom. The van der Waals surface area contributed by atoms with E-state index in [0.29, 0.717) is 19.1 Å². The van der Waals surface area contributed by atoms with E-state index in [4.69, 9.17) is 16.3 Å². The average Bonchev–Trinajstić information content (AvgIpc) is 2.80. The van der Waals surface area contributed by atoms with Gasteiger partial charge < -0.3 is 18.9 Å². The topological polar surface area (TPSA) is 105 Å². The van der Waals surface area contributed by atoms with Gasteiger partial charge in [0.1, 0.15) is 5.88 Å². The second kappa shape index (κ2) is 25.6. The molecule has 0 rings (SSSR count). The zero-order valence-electron chi connectivity index (χ0n) is 20.4. The largest absolute Gasteiger partial charge is 0.466 e. The van der Waals surface area contributed by atoms with E-state index in [-0.39, 0.29) is 30.5 Å². The van der Waals surface area contributed by atoms with Crippen LogP contribution in [0.15, 0.2) is 37.6 Å². The second-order valence-corrected chi connectivity index (χ2v) is 6.61. The van der Waals surface area contributed by atoms with Crippen LogP contribution in [0, 0.1) is 5.92 Å². The second-order valence-electron chi connectivity index (χ2n) is 6.35. The highest BCUT2D eigenvalue weighted by Gasteiger charge is 2.12. The lowest BCUT2D eigenvalue weighted by Gasteiger charge is -2.13. The Morgan fingerprint density at radius 2 is 1.55 bits per heavy atom. The summed E-state index contributed by atoms with van der Waals surface area (Å²) in [5.41, 5.74) is 0.125. The number of rotatable bonds is 14. The van der Waals surface area contributed by atoms with E-state index in [1.165, 1.54) is 18.9 Å². The Bertz CT molecular complexity index is 601. The first-order valence-corrected chi connectivity index (χ1v) is 11.4. The monoisotopic (exact) mass is 490 g/mol. The Morgan fingerprint density at radius 1 is 0.939 bits per heavy atom. The lowest BCUT2D eigenvalue weighted by atomic mass is 10.0. The molecule has 1 unspecified atom stereocenters. The van der Waals surface area contributed by atoms with Gasteiger partial charge in [-0.05, 0) is 26.2 Å². The summed E-state index contributed by atoms with van der Waals surface area (Å²) < 4.78 is 18.4. The fourth-order valence-corrected chi connectivity index (χ4v) is 2.04. The van der Waals surface area contributed by atoms with E-state index >= 15 is 0 Å². The molecule has 0 heterocycles. The Kier molecular flexibility index (Phi) is 27.2. The number of alkyl halides is 1. The molecule has 0 aliphatic carbocycles. The standard InChI is InChI=1S/C11H20O2.C9H14O4.C4H5ClO2/c1-4-7-8-10(5-2)9-13-11(12)6-3;1-4-12-8(10)6-7(3)9(11)13-5-2;1-2-7-4(6)3-5/h6,10H,3-5,7-9H2,1-2H3;3-6H2,1-2H3;2H,1,3H2. The quantitative estimate of drug-likeness (QED) is 0.111. The summed E-state index contributed by atoms with van der Waals surface area (Å²) in [6.45, 7) is 18.7. The van der Waals surface area contributed by atoms with Crippen LogP contribution in [-0.2, 0) is 38.1 Å². The molecule has 0 aromatic carbocycles. The molecular weight excluding hydrogens is 452 g/mol. The van der Waals surface area contributed by atoms with Crippen molar-refractivity contribution in [3.8, 4) is 0 Å². The lowest BCUT2D eigenvalue weighted by Crippen LogP contribution is -2.12. The van der Waals surface area contributed by atoms with Gasteiger partial charge in [-0.1, -0.05) is 52.8 Å². The summed E-state index contributed by atoms with van der Waals surface area (Å²) in [6, 6.07) is 0. The number of unbranched alkanes of at least 4 members (excludes halogenated alkanes) is 1. The first-order valence-electron chi connectivity index (χ1n) is 10.8. The summed E-state index contributed by atoms with van der Waals surface area (Å²) in [7, 11) is 0. The first-order chi connectivity index (χ1) is 15.7. The van der Waals surface area contributed by atoms with E-state index in [1.807, 2.05) is 0 Å². The zero-order valence-corrected chi connectivity index (χ0v) is 21.1. The molecule has 1 atom stereocenters. The van der Waals surface area contributed by atoms with Gasteiger partial charge in [0, 0.05) is 11.6 Å². The average molecular weight is 491 g/mol. The molecular formula is C24H39ClO8. The number of carbonyl (C=O) groups is 4. The number of hydrogen-bond donors (Lipinski definition) is 0. The molecule has 0 N–H and O–H groups in total. The van der Waals surface area contributed by atoms with Crippen molar-refractivity contribution < 1.29 is 38.1 Å². The maximum absolute atomic E-state index is 11.0. The van der Waals surface area contributed by atoms with Crippen molar-refractivity contribution >= 4 is 35.5 Å². The molecule has 0 aromatic rings. The van der Waals surface area contributed by atoms with Crippen LogP contribution in [-0.4, -0.2) is 49.6 Å². The van der Waals surface area contributed by atoms with Crippen LogP contribution in [0.3, 0.4) is 0 Å². The van der Waals surface area contributed by atoms with Gasteiger partial charge in [-0.15, -0.1) is 11.6 Å². The minimum Gasteiger partial charge on any atom is -0.466 e. The SMILES string of the molecule is C=C(CC(=O)OCC)C(=O)OCC.C=CC(=O)OCC(CC)CCCC.C=COC(=O)CCl. The fourth-order valence-electron chi connectivity index (χ4n) is 1.97. The minimum atomic E-state index is -0.546. The smallest absolute Gasteiger partial charge is 0.333 e. The molecule has 0 amide bonds. The summed E-state index contributed by atoms with van der Waals surface area (Å²) in [4.78, 5) is 42.6. The predicted molar refractivity (Wildman–Crippen MR) is 128 cm³/mol. The molecule has 0 aliphatic rings. The van der Waals surface area contributed by atoms with Gasteiger partial charge in [0.15, 0.2) is 0 Å². The molecule has 0 aliphatic heterocycles. The highest BCUT2D eigenvalue weighted by molar-refractivity contribution is 6.26. The molecule has 190 valence electrons. The Balaban J connectivity index is -0.000000429. The normalized spacial score (nSPS) is 9.97. The molecule has 0 saturated heterocycles. The maximum atomic E-state index is 11.0. The van der Waals surface area contributed by atoms with Crippen LogP contribution >= 0.6 is 11.6 Å². The maximum Gasteiger partial charge on any atom is 0.333 e. The fraction of sp³-hybridized carbons (Fsp3) is 0.583. The highest BCUT2D eigenvalue weighted by atomic mass is 35.5. The zero-order chi connectivity index (χ0) is 26.1. The van der Waals surface area contributed by atoms with Crippen molar-refractivity contribution in [3.63, 3.8) is 0 Å². The van der Waals surface area contributed by atoms with Crippen LogP contribution in [0.5, 0.6) is 0 Å². The Hall–Kier alpha value is -2.61. The summed E-state index contributed by atoms with van der Waals surface area (Å²) in [6.07, 6.45) is 6.79. The van der Waals surface area contributed by atoms with Crippen molar-refractivity contribution in [2.75, 3.05) is 25.7 Å². The first kappa shape index (κ1) is 35.0. The minimum absolute atomic E-state index is 0.104. The van der Waals surface area contributed by atoms with Crippen molar-refractivity contribution in [2.45, 2.75) is 59.8 Å². The van der Waals surface area contributed by atoms with Crippen molar-refractivity contribution in [1.29, 1.82) is 0 Å². The summed E-state index contributed by atoms with van der Waals surface area (Å²) >= 11 is 5.01. The molecule has 33 heavy (non-hydrogen) atoms. The molecule has 9 heteroatoms. The van der Waals surface area contributed by atoms with E-state index in [1.54, 1.807) is 13.8 Å². The predicted octanol–water partition coefficient (Wildman–Crippen LogP) is 4.90. The molecule has 0 saturated carbocycles. The number of ether oxygens (including phenoxy) is 4. The van der Waals surface area contributed by atoms with Crippen molar-refractivity contribution in [1.82, 2.24) is 0 Å². The highest BCUT2D eigenvalue weighted by Crippen LogP contribution is 2.12. The van der Waals surface area contributed by atoms with Gasteiger partial charge in [-0.2, -0.15) is 0 Å². The third kappa shape index (κ3) is 25.5. The van der Waals surface area contributed by atoms with Crippen LogP contribution in [0.1, 0.15) is 59.8 Å². The number of halogens is 1. The van der Waals surface area contributed by atoms with Gasteiger partial charge in [0.05, 0.1) is 32.5 Å². The van der Waals surface area contributed by atoms with Gasteiger partial charge in [0.2, 0.25) is 0 Å². The molecule has 0 spiro atoms. The summed E-state index contributed by atoms with van der Waals surface area (Å²) in [5.74, 6) is -1.39. The lowest BCUT2D eigenvalue weighted by molar-refractivity contribution is -0.145. The Labute approximate surface area is 202 Å². The van der Waals surface area contributed by atoms with Gasteiger partial charge in [0.25, 0.3) is 0 Å². The van der Waals surface area contributed by atoms with Crippen molar-refractivity contribution in [3.05, 3.63) is 37.6 Å². The van der Waals surface area contributed by atoms with E-state index in [2.05, 4.69) is 47.8 Å². The van der Waals surface area contributed by atoms with Gasteiger partial charge >= 0.3 is 23.9 Å². The molecule has 0 fully saturated rings. The molecule has 8 nitrogen and oxygen atoms in total. The van der Waals surface area contributed by atoms with E-state index in [9.17, 15) is 19.2 Å². The third-order valence-electron chi connectivity index (χ3n) is 3.72. The molecule has 0 radical (unpaired) electrons. The van der Waals surface area contributed by atoms with Gasteiger partial charge in [-0.25, -0.2) is 9.59 Å². The van der Waals surface area contributed by atoms with Crippen molar-refractivity contribution in [2.24, 2.45) is 5.92 Å². The summed E-state index contributed by atoms with van der Waals surface area (Å²) in [5, 5.41) is 0. The van der Waals surface area contributed by atoms with Crippen LogP contribution in [0.2, 0.25) is 0 Å². The van der Waals surface area contributed by atoms with Crippen LogP contribution < -0.4 is 0 Å². The van der Waals surface area contributed by atoms with E-state index < -0.39 is 17.9 Å². The molecule has 0 bridgehead atoms. The van der Waals surface area contributed by atoms with E-state index in [0.717, 1.165) is 19.1 Å². The molecule has 0 aromatic heterocycles. The third-order valence-corrected chi connectivity index (χ3v) is 3.94. The van der Waals surface area contributed by atoms with Gasteiger partial charge in [-0.3, -0.25) is 9.59 Å².